The maximum Gasteiger partial charge on any atom is 0.228 e. The van der Waals surface area contributed by atoms with Gasteiger partial charge in [-0.1, -0.05) is 0 Å². The molecule has 0 amide bonds. The zero-order valence-corrected chi connectivity index (χ0v) is 6.77. The van der Waals surface area contributed by atoms with Crippen LogP contribution in [-0.4, -0.2) is 23.4 Å². The molecule has 0 saturated heterocycles. The van der Waals surface area contributed by atoms with Crippen LogP contribution in [-0.2, 0) is 9.59 Å². The van der Waals surface area contributed by atoms with E-state index in [1.165, 1.54) is 0 Å². The molecule has 0 aromatic heterocycles. The van der Waals surface area contributed by atoms with E-state index in [-0.39, 0.29) is 19.3 Å². The minimum atomic E-state index is -2.54. The lowest BCUT2D eigenvalue weighted by molar-refractivity contribution is -0.148. The Morgan fingerprint density at radius 1 is 1.67 bits per heavy atom. The highest BCUT2D eigenvalue weighted by Gasteiger charge is 2.49. The van der Waals surface area contributed by atoms with Gasteiger partial charge in [0.1, 0.15) is 0 Å². The second kappa shape index (κ2) is 2.92. The second-order valence-electron chi connectivity index (χ2n) is 3.08. The van der Waals surface area contributed by atoms with E-state index in [1.807, 2.05) is 0 Å². The van der Waals surface area contributed by atoms with Gasteiger partial charge in [-0.05, 0) is 26.2 Å². The third-order valence-corrected chi connectivity index (χ3v) is 2.21. The fourth-order valence-electron chi connectivity index (χ4n) is 1.38. The summed E-state index contributed by atoms with van der Waals surface area (Å²) in [5.41, 5.74) is -2.54. The Morgan fingerprint density at radius 2 is 2.25 bits per heavy atom. The van der Waals surface area contributed by atoms with E-state index in [0.29, 0.717) is 0 Å². The highest BCUT2D eigenvalue weighted by atomic mass is 19.2. The lowest BCUT2D eigenvalue weighted by atomic mass is 9.81. The Kier molecular flexibility index (Phi) is 2.26. The Balaban J connectivity index is 2.89. The van der Waals surface area contributed by atoms with Gasteiger partial charge in [-0.3, -0.25) is 9.59 Å². The van der Waals surface area contributed by atoms with Gasteiger partial charge in [0.2, 0.25) is 11.5 Å². The summed E-state index contributed by atoms with van der Waals surface area (Å²) in [6.07, 6.45) is -1.67. The zero-order chi connectivity index (χ0) is 9.35. The normalized spacial score (nSPS) is 36.6. The van der Waals surface area contributed by atoms with E-state index < -0.39 is 23.4 Å². The maximum absolute atomic E-state index is 13.4. The van der Waals surface area contributed by atoms with Crippen LogP contribution in [0, 0.1) is 0 Å². The van der Waals surface area contributed by atoms with Crippen LogP contribution in [0.5, 0.6) is 0 Å². The van der Waals surface area contributed by atoms with E-state index in [2.05, 4.69) is 0 Å². The molecule has 0 spiro atoms. The van der Waals surface area contributed by atoms with Crippen LogP contribution in [0.2, 0.25) is 0 Å². The van der Waals surface area contributed by atoms with Gasteiger partial charge in [0.15, 0.2) is 12.0 Å². The highest BCUT2D eigenvalue weighted by molar-refractivity contribution is 6.11. The standard InChI is InChI=1S/C8H10F2O2/c1-5(11)8(10)4-2-3-6(9)7(8)12/h6H,2-4H2,1H3. The van der Waals surface area contributed by atoms with Crippen LogP contribution in [0.3, 0.4) is 0 Å². The van der Waals surface area contributed by atoms with Crippen molar-refractivity contribution in [3.05, 3.63) is 0 Å². The van der Waals surface area contributed by atoms with Gasteiger partial charge in [-0.2, -0.15) is 0 Å². The summed E-state index contributed by atoms with van der Waals surface area (Å²) in [4.78, 5) is 21.6. The molecule has 0 aliphatic heterocycles. The van der Waals surface area contributed by atoms with Gasteiger partial charge >= 0.3 is 0 Å². The number of rotatable bonds is 1. The molecule has 0 bridgehead atoms. The topological polar surface area (TPSA) is 34.1 Å². The lowest BCUT2D eigenvalue weighted by Crippen LogP contribution is -2.48. The first-order valence-electron chi connectivity index (χ1n) is 3.87. The number of hydrogen-bond acceptors (Lipinski definition) is 2. The largest absolute Gasteiger partial charge is 0.296 e. The van der Waals surface area contributed by atoms with Gasteiger partial charge in [-0.15, -0.1) is 0 Å². The average molecular weight is 176 g/mol. The molecule has 0 N–H and O–H groups in total. The predicted molar refractivity (Wildman–Crippen MR) is 38.3 cm³/mol. The monoisotopic (exact) mass is 176 g/mol. The molecule has 1 rings (SSSR count). The average Bonchev–Trinajstić information content (AvgIpc) is 2.00. The van der Waals surface area contributed by atoms with Gasteiger partial charge in [0.25, 0.3) is 0 Å². The van der Waals surface area contributed by atoms with Crippen molar-refractivity contribution in [1.29, 1.82) is 0 Å². The Bertz CT molecular complexity index is 227. The van der Waals surface area contributed by atoms with Gasteiger partial charge in [0.05, 0.1) is 0 Å². The summed E-state index contributed by atoms with van der Waals surface area (Å²) in [5, 5.41) is 0. The van der Waals surface area contributed by atoms with Crippen LogP contribution >= 0.6 is 0 Å². The van der Waals surface area contributed by atoms with E-state index >= 15 is 0 Å². The number of halogens is 2. The molecule has 2 unspecified atom stereocenters. The predicted octanol–water partition coefficient (Wildman–Crippen LogP) is 1.37. The van der Waals surface area contributed by atoms with Gasteiger partial charge in [0, 0.05) is 0 Å². The second-order valence-corrected chi connectivity index (χ2v) is 3.08. The molecule has 1 saturated carbocycles. The number of Topliss-reactive ketones (excluding diaryl/α,β-unsaturated/α-hetero) is 2. The van der Waals surface area contributed by atoms with Crippen molar-refractivity contribution in [1.82, 2.24) is 0 Å². The number of carbonyl (C=O) groups is 2. The summed E-state index contributed by atoms with van der Waals surface area (Å²) in [6.45, 7) is 0.982. The summed E-state index contributed by atoms with van der Waals surface area (Å²) in [7, 11) is 0. The van der Waals surface area contributed by atoms with Gasteiger partial charge in [-0.25, -0.2) is 8.78 Å². The zero-order valence-electron chi connectivity index (χ0n) is 6.77. The van der Waals surface area contributed by atoms with Crippen molar-refractivity contribution in [2.45, 2.75) is 38.0 Å². The van der Waals surface area contributed by atoms with Crippen LogP contribution < -0.4 is 0 Å². The minimum Gasteiger partial charge on any atom is -0.296 e. The van der Waals surface area contributed by atoms with Crippen molar-refractivity contribution < 1.29 is 18.4 Å². The molecule has 2 atom stereocenters. The molecule has 1 fully saturated rings. The maximum atomic E-state index is 13.4. The lowest BCUT2D eigenvalue weighted by Gasteiger charge is -2.27. The molecule has 0 aromatic carbocycles. The molecule has 2 nitrogen and oxygen atoms in total. The first kappa shape index (κ1) is 9.29. The fraction of sp³-hybridized carbons (Fsp3) is 0.750. The molecule has 0 aromatic rings. The van der Waals surface area contributed by atoms with E-state index in [0.717, 1.165) is 6.92 Å². The third kappa shape index (κ3) is 1.26. The quantitative estimate of drug-likeness (QED) is 0.565. The number of hydrogen-bond donors (Lipinski definition) is 0. The number of carbonyl (C=O) groups excluding carboxylic acids is 2. The number of alkyl halides is 2. The first-order chi connectivity index (χ1) is 5.48. The molecule has 0 heterocycles. The summed E-state index contributed by atoms with van der Waals surface area (Å²) in [5.74, 6) is -2.07. The molecule has 68 valence electrons. The van der Waals surface area contributed by atoms with Crippen molar-refractivity contribution in [2.75, 3.05) is 0 Å². The van der Waals surface area contributed by atoms with E-state index in [9.17, 15) is 18.4 Å². The molecule has 12 heavy (non-hydrogen) atoms. The van der Waals surface area contributed by atoms with Crippen LogP contribution in [0.4, 0.5) is 8.78 Å². The number of ketones is 2. The minimum absolute atomic E-state index is 0.0395. The van der Waals surface area contributed by atoms with Crippen LogP contribution in [0.25, 0.3) is 0 Å². The van der Waals surface area contributed by atoms with E-state index in [4.69, 9.17) is 0 Å². The Hall–Kier alpha value is -0.800. The summed E-state index contributed by atoms with van der Waals surface area (Å²) >= 11 is 0. The Labute approximate surface area is 68.9 Å². The fourth-order valence-corrected chi connectivity index (χ4v) is 1.38. The van der Waals surface area contributed by atoms with Crippen molar-refractivity contribution >= 4 is 11.6 Å². The summed E-state index contributed by atoms with van der Waals surface area (Å²) < 4.78 is 26.1. The molecular weight excluding hydrogens is 166 g/mol. The van der Waals surface area contributed by atoms with Crippen molar-refractivity contribution in [3.63, 3.8) is 0 Å². The van der Waals surface area contributed by atoms with Gasteiger partial charge < -0.3 is 0 Å². The molecular formula is C8H10F2O2. The molecule has 1 aliphatic carbocycles. The SMILES string of the molecule is CC(=O)C1(F)CCCC(F)C1=O. The van der Waals surface area contributed by atoms with Crippen molar-refractivity contribution in [3.8, 4) is 0 Å². The highest BCUT2D eigenvalue weighted by Crippen LogP contribution is 2.31. The molecule has 0 radical (unpaired) electrons. The smallest absolute Gasteiger partial charge is 0.228 e. The van der Waals surface area contributed by atoms with E-state index in [1.54, 1.807) is 0 Å². The first-order valence-corrected chi connectivity index (χ1v) is 3.87. The molecule has 4 heteroatoms. The Morgan fingerprint density at radius 3 is 2.67 bits per heavy atom. The molecule has 1 aliphatic rings. The van der Waals surface area contributed by atoms with Crippen molar-refractivity contribution in [2.24, 2.45) is 0 Å². The third-order valence-electron chi connectivity index (χ3n) is 2.21. The van der Waals surface area contributed by atoms with Crippen LogP contribution in [0.1, 0.15) is 26.2 Å². The summed E-state index contributed by atoms with van der Waals surface area (Å²) in [6, 6.07) is 0. The van der Waals surface area contributed by atoms with Crippen LogP contribution in [0.15, 0.2) is 0 Å².